The molecule has 0 unspecified atom stereocenters. The van der Waals surface area contributed by atoms with Gasteiger partial charge in [-0.15, -0.1) is 10.2 Å². The van der Waals surface area contributed by atoms with E-state index in [4.69, 9.17) is 5.73 Å². The summed E-state index contributed by atoms with van der Waals surface area (Å²) in [4.78, 5) is 0. The van der Waals surface area contributed by atoms with E-state index in [0.717, 1.165) is 5.56 Å². The lowest BCUT2D eigenvalue weighted by atomic mass is 10.0. The summed E-state index contributed by atoms with van der Waals surface area (Å²) >= 11 is 0. The number of nitrogens with zero attached hydrogens (tertiary/aromatic N) is 2. The van der Waals surface area contributed by atoms with Crippen LogP contribution < -0.4 is 5.73 Å². The van der Waals surface area contributed by atoms with Gasteiger partial charge in [0.25, 0.3) is 0 Å². The highest BCUT2D eigenvalue weighted by Crippen LogP contribution is 2.27. The lowest BCUT2D eigenvalue weighted by Gasteiger charge is -2.05. The number of nitrogen functional groups attached to an aromatic ring is 1. The average molecular weight is 313 g/mol. The molecule has 3 N–H and O–H groups in total. The minimum Gasteiger partial charge on any atom is -0.507 e. The van der Waals surface area contributed by atoms with Gasteiger partial charge < -0.3 is 10.8 Å². The van der Waals surface area contributed by atoms with E-state index in [0.29, 0.717) is 17.1 Å². The zero-order valence-corrected chi connectivity index (χ0v) is 14.0. The minimum atomic E-state index is 0.191. The molecule has 0 saturated heterocycles. The van der Waals surface area contributed by atoms with Crippen molar-refractivity contribution in [1.29, 1.82) is 0 Å². The van der Waals surface area contributed by atoms with Crippen molar-refractivity contribution < 1.29 is 5.11 Å². The first-order valence-electron chi connectivity index (χ1n) is 8.56. The summed E-state index contributed by atoms with van der Waals surface area (Å²) in [6, 6.07) is 8.80. The molecule has 23 heavy (non-hydrogen) atoms. The van der Waals surface area contributed by atoms with E-state index in [2.05, 4.69) is 10.2 Å². The summed E-state index contributed by atoms with van der Waals surface area (Å²) in [7, 11) is 0. The highest BCUT2D eigenvalue weighted by Gasteiger charge is 2.06. The van der Waals surface area contributed by atoms with Crippen LogP contribution in [0.3, 0.4) is 0 Å². The van der Waals surface area contributed by atoms with Crippen LogP contribution >= 0.6 is 0 Å². The standard InChI is InChI=1S/C11H11N3O.C8H16/c1-7-6-9(13-14-11(7)12)8-4-2-3-5-10(8)15;1-2-4-6-8-7-5-3-1/h2-6,15H,1H3,(H2,12,14);1-8H2. The second-order valence-electron chi connectivity index (χ2n) is 6.14. The van der Waals surface area contributed by atoms with Gasteiger partial charge >= 0.3 is 0 Å². The molecule has 1 saturated carbocycles. The Bertz CT molecular complexity index is 589. The van der Waals surface area contributed by atoms with Crippen LogP contribution in [0, 0.1) is 6.92 Å². The van der Waals surface area contributed by atoms with Crippen LogP contribution in [0.1, 0.15) is 56.9 Å². The van der Waals surface area contributed by atoms with Crippen molar-refractivity contribution in [3.63, 3.8) is 0 Å². The molecule has 1 heterocycles. The number of phenols is 1. The molecule has 0 amide bonds. The molecule has 4 heteroatoms. The zero-order chi connectivity index (χ0) is 16.5. The summed E-state index contributed by atoms with van der Waals surface area (Å²) in [5.41, 5.74) is 7.70. The summed E-state index contributed by atoms with van der Waals surface area (Å²) in [6.07, 6.45) is 12.0. The Morgan fingerprint density at radius 1 is 0.870 bits per heavy atom. The highest BCUT2D eigenvalue weighted by atomic mass is 16.3. The molecule has 1 aliphatic rings. The van der Waals surface area contributed by atoms with Gasteiger partial charge in [0, 0.05) is 5.56 Å². The van der Waals surface area contributed by atoms with Crippen molar-refractivity contribution in [1.82, 2.24) is 10.2 Å². The van der Waals surface area contributed by atoms with Crippen molar-refractivity contribution in [2.45, 2.75) is 58.3 Å². The number of benzene rings is 1. The van der Waals surface area contributed by atoms with Gasteiger partial charge in [0.15, 0.2) is 0 Å². The third kappa shape index (κ3) is 5.55. The first-order valence-corrected chi connectivity index (χ1v) is 8.56. The number of aromatic hydroxyl groups is 1. The van der Waals surface area contributed by atoms with E-state index >= 15 is 0 Å². The van der Waals surface area contributed by atoms with E-state index in [9.17, 15) is 5.11 Å². The fourth-order valence-corrected chi connectivity index (χ4v) is 2.73. The fourth-order valence-electron chi connectivity index (χ4n) is 2.73. The second-order valence-corrected chi connectivity index (χ2v) is 6.14. The molecular formula is C19H27N3O. The Hall–Kier alpha value is -2.10. The van der Waals surface area contributed by atoms with E-state index in [1.807, 2.05) is 13.0 Å². The van der Waals surface area contributed by atoms with Gasteiger partial charge in [-0.05, 0) is 30.7 Å². The maximum Gasteiger partial charge on any atom is 0.149 e. The Kier molecular flexibility index (Phi) is 6.85. The van der Waals surface area contributed by atoms with E-state index in [-0.39, 0.29) is 5.75 Å². The average Bonchev–Trinajstić information content (AvgIpc) is 2.51. The normalized spacial score (nSPS) is 15.0. The molecule has 0 bridgehead atoms. The van der Waals surface area contributed by atoms with Crippen molar-refractivity contribution >= 4 is 5.82 Å². The monoisotopic (exact) mass is 313 g/mol. The van der Waals surface area contributed by atoms with Crippen LogP contribution in [-0.4, -0.2) is 15.3 Å². The number of aryl methyl sites for hydroxylation is 1. The van der Waals surface area contributed by atoms with Crippen molar-refractivity contribution in [3.8, 4) is 17.0 Å². The third-order valence-corrected chi connectivity index (χ3v) is 4.20. The molecule has 1 aliphatic carbocycles. The predicted molar refractivity (Wildman–Crippen MR) is 95.2 cm³/mol. The Morgan fingerprint density at radius 2 is 1.39 bits per heavy atom. The topological polar surface area (TPSA) is 72.0 Å². The van der Waals surface area contributed by atoms with Gasteiger partial charge in [0.05, 0.1) is 5.69 Å². The number of hydrogen-bond acceptors (Lipinski definition) is 4. The fraction of sp³-hybridized carbons (Fsp3) is 0.474. The van der Waals surface area contributed by atoms with Gasteiger partial charge in [-0.25, -0.2) is 0 Å². The van der Waals surface area contributed by atoms with Gasteiger partial charge in [-0.1, -0.05) is 63.5 Å². The predicted octanol–water partition coefficient (Wildman–Crippen LogP) is 4.86. The molecule has 3 rings (SSSR count). The number of phenolic OH excluding ortho intramolecular Hbond substituents is 1. The minimum absolute atomic E-state index is 0.191. The van der Waals surface area contributed by atoms with Crippen LogP contribution in [0.15, 0.2) is 30.3 Å². The van der Waals surface area contributed by atoms with Gasteiger partial charge in [0.2, 0.25) is 0 Å². The van der Waals surface area contributed by atoms with E-state index in [1.54, 1.807) is 24.3 Å². The van der Waals surface area contributed by atoms with Crippen molar-refractivity contribution in [3.05, 3.63) is 35.9 Å². The van der Waals surface area contributed by atoms with Crippen LogP contribution in [0.2, 0.25) is 0 Å². The Labute approximate surface area is 138 Å². The van der Waals surface area contributed by atoms with Gasteiger partial charge in [-0.3, -0.25) is 0 Å². The first kappa shape index (κ1) is 17.3. The molecule has 0 atom stereocenters. The largest absolute Gasteiger partial charge is 0.507 e. The maximum atomic E-state index is 9.63. The molecule has 0 radical (unpaired) electrons. The van der Waals surface area contributed by atoms with Crippen LogP contribution in [0.5, 0.6) is 5.75 Å². The molecule has 1 fully saturated rings. The SMILES string of the molecule is C1CCCCCCC1.Cc1cc(-c2ccccc2O)nnc1N. The van der Waals surface area contributed by atoms with Gasteiger partial charge in [-0.2, -0.15) is 0 Å². The number of aromatic nitrogens is 2. The molecule has 124 valence electrons. The summed E-state index contributed by atoms with van der Waals surface area (Å²) in [5.74, 6) is 0.602. The summed E-state index contributed by atoms with van der Waals surface area (Å²) in [5, 5.41) is 17.4. The summed E-state index contributed by atoms with van der Waals surface area (Å²) in [6.45, 7) is 1.85. The molecule has 2 aromatic rings. The smallest absolute Gasteiger partial charge is 0.149 e. The molecule has 4 nitrogen and oxygen atoms in total. The molecule has 1 aromatic carbocycles. The van der Waals surface area contributed by atoms with Crippen LogP contribution in [-0.2, 0) is 0 Å². The van der Waals surface area contributed by atoms with Gasteiger partial charge in [0.1, 0.15) is 11.6 Å². The quantitative estimate of drug-likeness (QED) is 0.788. The Morgan fingerprint density at radius 3 is 1.87 bits per heavy atom. The maximum absolute atomic E-state index is 9.63. The van der Waals surface area contributed by atoms with Crippen molar-refractivity contribution in [2.75, 3.05) is 5.73 Å². The number of para-hydroxylation sites is 1. The summed E-state index contributed by atoms with van der Waals surface area (Å²) < 4.78 is 0. The molecular weight excluding hydrogens is 286 g/mol. The molecule has 0 aliphatic heterocycles. The third-order valence-electron chi connectivity index (χ3n) is 4.20. The zero-order valence-electron chi connectivity index (χ0n) is 14.0. The lowest BCUT2D eigenvalue weighted by molar-refractivity contribution is 0.477. The number of anilines is 1. The second kappa shape index (κ2) is 9.13. The van der Waals surface area contributed by atoms with Crippen LogP contribution in [0.25, 0.3) is 11.3 Å². The molecule has 0 spiro atoms. The molecule has 1 aromatic heterocycles. The van der Waals surface area contributed by atoms with E-state index < -0.39 is 0 Å². The van der Waals surface area contributed by atoms with Crippen LogP contribution in [0.4, 0.5) is 5.82 Å². The first-order chi connectivity index (χ1) is 11.2. The van der Waals surface area contributed by atoms with Crippen molar-refractivity contribution in [2.24, 2.45) is 0 Å². The Balaban J connectivity index is 0.000000203. The number of nitrogens with two attached hydrogens (primary N) is 1. The lowest BCUT2D eigenvalue weighted by Crippen LogP contribution is -1.97. The number of hydrogen-bond donors (Lipinski definition) is 2. The number of rotatable bonds is 1. The highest BCUT2D eigenvalue weighted by molar-refractivity contribution is 5.67. The van der Waals surface area contributed by atoms with E-state index in [1.165, 1.54) is 51.4 Å².